The lowest BCUT2D eigenvalue weighted by molar-refractivity contribution is 0.372. The summed E-state index contributed by atoms with van der Waals surface area (Å²) < 4.78 is 1.90. The van der Waals surface area contributed by atoms with E-state index in [4.69, 9.17) is 0 Å². The highest BCUT2D eigenvalue weighted by atomic mass is 127. The minimum Gasteiger partial charge on any atom is -0.368 e. The topological polar surface area (TPSA) is 48.7 Å². The van der Waals surface area contributed by atoms with Crippen molar-refractivity contribution >= 4 is 35.6 Å². The van der Waals surface area contributed by atoms with E-state index in [-0.39, 0.29) is 24.0 Å². The van der Waals surface area contributed by atoms with E-state index in [9.17, 15) is 0 Å². The SMILES string of the molecule is CN=C(NCc1cnn(-c2ccccc2)c1)N1CCN(c2ccccc2)CC1.I. The predicted molar refractivity (Wildman–Crippen MR) is 129 cm³/mol. The van der Waals surface area contributed by atoms with Crippen molar-refractivity contribution in [3.05, 3.63) is 78.6 Å². The van der Waals surface area contributed by atoms with Crippen LogP contribution in [0.15, 0.2) is 78.0 Å². The van der Waals surface area contributed by atoms with Gasteiger partial charge in [0, 0.05) is 57.2 Å². The maximum absolute atomic E-state index is 4.48. The molecule has 0 atom stereocenters. The molecular weight excluding hydrogens is 475 g/mol. The molecule has 2 aromatic carbocycles. The third-order valence-electron chi connectivity index (χ3n) is 5.02. The summed E-state index contributed by atoms with van der Waals surface area (Å²) in [5.41, 5.74) is 3.49. The van der Waals surface area contributed by atoms with Crippen molar-refractivity contribution in [3.63, 3.8) is 0 Å². The largest absolute Gasteiger partial charge is 0.368 e. The third-order valence-corrected chi connectivity index (χ3v) is 5.02. The molecule has 1 N–H and O–H groups in total. The van der Waals surface area contributed by atoms with Crippen LogP contribution in [0.2, 0.25) is 0 Å². The highest BCUT2D eigenvalue weighted by Crippen LogP contribution is 2.15. The van der Waals surface area contributed by atoms with Gasteiger partial charge in [-0.15, -0.1) is 24.0 Å². The standard InChI is InChI=1S/C22H26N6.HI/c1-23-22(27-14-12-26(13-15-27)20-8-4-2-5-9-20)24-16-19-17-25-28(18-19)21-10-6-3-7-11-21;/h2-11,17-18H,12-16H2,1H3,(H,23,24);1H. The number of rotatable bonds is 4. The van der Waals surface area contributed by atoms with Crippen LogP contribution in [0, 0.1) is 0 Å². The number of aromatic nitrogens is 2. The smallest absolute Gasteiger partial charge is 0.194 e. The van der Waals surface area contributed by atoms with Gasteiger partial charge >= 0.3 is 0 Å². The van der Waals surface area contributed by atoms with Crippen molar-refractivity contribution in [2.75, 3.05) is 38.1 Å². The van der Waals surface area contributed by atoms with Gasteiger partial charge in [-0.25, -0.2) is 4.68 Å². The lowest BCUT2D eigenvalue weighted by Gasteiger charge is -2.37. The van der Waals surface area contributed by atoms with Gasteiger partial charge < -0.3 is 15.1 Å². The zero-order chi connectivity index (χ0) is 19.2. The lowest BCUT2D eigenvalue weighted by Crippen LogP contribution is -2.52. The summed E-state index contributed by atoms with van der Waals surface area (Å²) in [6.45, 7) is 4.61. The summed E-state index contributed by atoms with van der Waals surface area (Å²) in [4.78, 5) is 9.22. The van der Waals surface area contributed by atoms with Crippen LogP contribution in [0.1, 0.15) is 5.56 Å². The van der Waals surface area contributed by atoms with Crippen molar-refractivity contribution in [3.8, 4) is 5.69 Å². The van der Waals surface area contributed by atoms with Gasteiger partial charge in [0.1, 0.15) is 0 Å². The number of anilines is 1. The number of nitrogens with zero attached hydrogens (tertiary/aromatic N) is 5. The van der Waals surface area contributed by atoms with Crippen molar-refractivity contribution < 1.29 is 0 Å². The Bertz CT molecular complexity index is 901. The number of halogens is 1. The molecule has 0 unspecified atom stereocenters. The second-order valence-corrected chi connectivity index (χ2v) is 6.84. The molecule has 1 saturated heterocycles. The molecule has 6 nitrogen and oxygen atoms in total. The van der Waals surface area contributed by atoms with Crippen LogP contribution >= 0.6 is 24.0 Å². The number of benzene rings is 2. The molecule has 4 rings (SSSR count). The van der Waals surface area contributed by atoms with Crippen molar-refractivity contribution in [2.45, 2.75) is 6.54 Å². The van der Waals surface area contributed by atoms with Gasteiger partial charge in [-0.1, -0.05) is 36.4 Å². The van der Waals surface area contributed by atoms with Crippen LogP contribution < -0.4 is 10.2 Å². The van der Waals surface area contributed by atoms with Crippen LogP contribution in [0.3, 0.4) is 0 Å². The van der Waals surface area contributed by atoms with E-state index in [0.29, 0.717) is 6.54 Å². The van der Waals surface area contributed by atoms with E-state index in [1.165, 1.54) is 5.69 Å². The second kappa shape index (κ2) is 10.3. The van der Waals surface area contributed by atoms with Gasteiger partial charge in [0.25, 0.3) is 0 Å². The number of nitrogens with one attached hydrogen (secondary N) is 1. The Morgan fingerprint density at radius 1 is 0.931 bits per heavy atom. The average molecular weight is 502 g/mol. The minimum atomic E-state index is 0. The minimum absolute atomic E-state index is 0. The predicted octanol–water partition coefficient (Wildman–Crippen LogP) is 3.39. The van der Waals surface area contributed by atoms with Gasteiger partial charge in [-0.2, -0.15) is 5.10 Å². The number of guanidine groups is 1. The van der Waals surface area contributed by atoms with Crippen LogP contribution in [0.25, 0.3) is 5.69 Å². The molecular formula is C22H27IN6. The number of hydrogen-bond donors (Lipinski definition) is 1. The lowest BCUT2D eigenvalue weighted by atomic mass is 10.2. The molecule has 1 aromatic heterocycles. The number of hydrogen-bond acceptors (Lipinski definition) is 3. The Hall–Kier alpha value is -2.55. The van der Waals surface area contributed by atoms with Crippen molar-refractivity contribution in [1.29, 1.82) is 0 Å². The maximum atomic E-state index is 4.48. The highest BCUT2D eigenvalue weighted by molar-refractivity contribution is 14.0. The molecule has 152 valence electrons. The van der Waals surface area contributed by atoms with E-state index >= 15 is 0 Å². The first-order valence-electron chi connectivity index (χ1n) is 9.68. The fourth-order valence-electron chi connectivity index (χ4n) is 3.50. The molecule has 0 bridgehead atoms. The highest BCUT2D eigenvalue weighted by Gasteiger charge is 2.19. The van der Waals surface area contributed by atoms with Crippen LogP contribution in [0.4, 0.5) is 5.69 Å². The molecule has 29 heavy (non-hydrogen) atoms. The Morgan fingerprint density at radius 3 is 2.17 bits per heavy atom. The molecule has 0 spiro atoms. The molecule has 1 fully saturated rings. The fourth-order valence-corrected chi connectivity index (χ4v) is 3.50. The summed E-state index contributed by atoms with van der Waals surface area (Å²) in [5.74, 6) is 0.945. The molecule has 1 aliphatic rings. The number of aliphatic imine (C=N–C) groups is 1. The second-order valence-electron chi connectivity index (χ2n) is 6.84. The van der Waals surface area contributed by atoms with E-state index in [1.54, 1.807) is 0 Å². The van der Waals surface area contributed by atoms with Gasteiger partial charge in [0.15, 0.2) is 5.96 Å². The number of para-hydroxylation sites is 2. The van der Waals surface area contributed by atoms with Gasteiger partial charge in [0.05, 0.1) is 11.9 Å². The maximum Gasteiger partial charge on any atom is 0.194 e. The monoisotopic (exact) mass is 502 g/mol. The first-order valence-corrected chi connectivity index (χ1v) is 9.68. The van der Waals surface area contributed by atoms with Crippen molar-refractivity contribution in [2.24, 2.45) is 4.99 Å². The summed E-state index contributed by atoms with van der Waals surface area (Å²) in [7, 11) is 1.85. The first-order chi connectivity index (χ1) is 13.8. The number of piperazine rings is 1. The van der Waals surface area contributed by atoms with Crippen LogP contribution in [-0.4, -0.2) is 53.9 Å². The fraction of sp³-hybridized carbons (Fsp3) is 0.273. The molecule has 3 aromatic rings. The van der Waals surface area contributed by atoms with Gasteiger partial charge in [-0.05, 0) is 24.3 Å². The van der Waals surface area contributed by atoms with Crippen LogP contribution in [0.5, 0.6) is 0 Å². The van der Waals surface area contributed by atoms with E-state index in [1.807, 2.05) is 36.1 Å². The normalized spacial score (nSPS) is 14.4. The molecule has 2 heterocycles. The summed E-state index contributed by atoms with van der Waals surface area (Å²) in [6, 6.07) is 20.8. The Balaban J connectivity index is 0.00000240. The Labute approximate surface area is 189 Å². The van der Waals surface area contributed by atoms with Gasteiger partial charge in [-0.3, -0.25) is 4.99 Å². The molecule has 7 heteroatoms. The molecule has 0 saturated carbocycles. The molecule has 1 aliphatic heterocycles. The van der Waals surface area contributed by atoms with E-state index in [2.05, 4.69) is 73.9 Å². The van der Waals surface area contributed by atoms with E-state index in [0.717, 1.165) is 43.4 Å². The Morgan fingerprint density at radius 2 is 1.55 bits per heavy atom. The first kappa shape index (κ1) is 21.2. The zero-order valence-electron chi connectivity index (χ0n) is 16.6. The third kappa shape index (κ3) is 5.29. The molecule has 0 aliphatic carbocycles. The zero-order valence-corrected chi connectivity index (χ0v) is 18.9. The summed E-state index contributed by atoms with van der Waals surface area (Å²) in [5, 5.41) is 7.94. The summed E-state index contributed by atoms with van der Waals surface area (Å²) >= 11 is 0. The summed E-state index contributed by atoms with van der Waals surface area (Å²) in [6.07, 6.45) is 3.96. The molecule has 0 radical (unpaired) electrons. The van der Waals surface area contributed by atoms with Crippen molar-refractivity contribution in [1.82, 2.24) is 20.0 Å². The Kier molecular flexibility index (Phi) is 7.51. The van der Waals surface area contributed by atoms with E-state index < -0.39 is 0 Å². The quantitative estimate of drug-likeness (QED) is 0.338. The average Bonchev–Trinajstić information content (AvgIpc) is 3.25. The van der Waals surface area contributed by atoms with Crippen LogP contribution in [-0.2, 0) is 6.54 Å². The molecule has 0 amide bonds. The van der Waals surface area contributed by atoms with Gasteiger partial charge in [0.2, 0.25) is 0 Å².